The largest absolute Gasteiger partial charge is 0.368 e. The lowest BCUT2D eigenvalue weighted by Crippen LogP contribution is -2.47. The topological polar surface area (TPSA) is 76.0 Å². The van der Waals surface area contributed by atoms with Gasteiger partial charge in [-0.1, -0.05) is 0 Å². The zero-order chi connectivity index (χ0) is 15.5. The first-order valence-corrected chi connectivity index (χ1v) is 7.23. The summed E-state index contributed by atoms with van der Waals surface area (Å²) < 4.78 is 0. The van der Waals surface area contributed by atoms with Crippen molar-refractivity contribution in [1.82, 2.24) is 9.97 Å². The van der Waals surface area contributed by atoms with Gasteiger partial charge in [0, 0.05) is 56.0 Å². The summed E-state index contributed by atoms with van der Waals surface area (Å²) in [5.74, 6) is 0. The van der Waals surface area contributed by atoms with Crippen molar-refractivity contribution >= 4 is 11.4 Å². The third-order valence-electron chi connectivity index (χ3n) is 3.88. The molecule has 1 aliphatic heterocycles. The Labute approximate surface area is 128 Å². The van der Waals surface area contributed by atoms with E-state index in [9.17, 15) is 10.1 Å². The Bertz CT molecular complexity index is 769. The summed E-state index contributed by atoms with van der Waals surface area (Å²) in [6.45, 7) is 5.18. The molecule has 1 aliphatic rings. The Hall–Kier alpha value is -2.81. The van der Waals surface area contributed by atoms with E-state index in [-0.39, 0.29) is 5.56 Å². The van der Waals surface area contributed by atoms with Crippen LogP contribution in [0.2, 0.25) is 0 Å². The summed E-state index contributed by atoms with van der Waals surface area (Å²) >= 11 is 0. The maximum Gasteiger partial charge on any atom is 0.249 e. The van der Waals surface area contributed by atoms with Gasteiger partial charge < -0.3 is 14.8 Å². The molecule has 0 aliphatic carbocycles. The van der Waals surface area contributed by atoms with Crippen LogP contribution >= 0.6 is 0 Å². The maximum absolute atomic E-state index is 11.4. The van der Waals surface area contributed by atoms with Gasteiger partial charge in [-0.3, -0.25) is 9.78 Å². The van der Waals surface area contributed by atoms with Crippen molar-refractivity contribution in [2.45, 2.75) is 6.92 Å². The van der Waals surface area contributed by atoms with Crippen LogP contribution in [0.25, 0.3) is 0 Å². The number of hydrogen-bond donors (Lipinski definition) is 1. The molecule has 0 bridgehead atoms. The first-order valence-electron chi connectivity index (χ1n) is 7.23. The Morgan fingerprint density at radius 2 is 1.95 bits per heavy atom. The van der Waals surface area contributed by atoms with E-state index in [0.717, 1.165) is 43.2 Å². The highest BCUT2D eigenvalue weighted by Gasteiger charge is 2.20. The number of hydrogen-bond acceptors (Lipinski definition) is 5. The monoisotopic (exact) mass is 295 g/mol. The van der Waals surface area contributed by atoms with Gasteiger partial charge in [0.25, 0.3) is 0 Å². The fourth-order valence-electron chi connectivity index (χ4n) is 2.73. The molecule has 1 N–H and O–H groups in total. The molecule has 1 fully saturated rings. The summed E-state index contributed by atoms with van der Waals surface area (Å²) in [5.41, 5.74) is 3.31. The van der Waals surface area contributed by atoms with Gasteiger partial charge in [-0.15, -0.1) is 0 Å². The molecule has 0 radical (unpaired) electrons. The van der Waals surface area contributed by atoms with Crippen LogP contribution in [-0.2, 0) is 0 Å². The van der Waals surface area contributed by atoms with Crippen molar-refractivity contribution in [2.75, 3.05) is 36.0 Å². The summed E-state index contributed by atoms with van der Waals surface area (Å²) in [7, 11) is 0. The number of nitriles is 1. The molecule has 0 unspecified atom stereocenters. The van der Waals surface area contributed by atoms with Crippen LogP contribution in [-0.4, -0.2) is 36.1 Å². The van der Waals surface area contributed by atoms with E-state index in [1.165, 1.54) is 0 Å². The number of piperazine rings is 1. The zero-order valence-electron chi connectivity index (χ0n) is 12.4. The van der Waals surface area contributed by atoms with E-state index in [1.807, 2.05) is 19.1 Å². The Kier molecular flexibility index (Phi) is 3.79. The number of aryl methyl sites for hydroxylation is 1. The molecule has 2 aromatic rings. The lowest BCUT2D eigenvalue weighted by atomic mass is 10.1. The van der Waals surface area contributed by atoms with Crippen LogP contribution in [0.15, 0.2) is 35.4 Å². The third kappa shape index (κ3) is 2.79. The van der Waals surface area contributed by atoms with Gasteiger partial charge in [-0.05, 0) is 19.1 Å². The molecule has 2 aromatic heterocycles. The number of aromatic nitrogens is 2. The third-order valence-corrected chi connectivity index (χ3v) is 3.88. The Balaban J connectivity index is 1.76. The normalized spacial score (nSPS) is 14.7. The fraction of sp³-hybridized carbons (Fsp3) is 0.312. The van der Waals surface area contributed by atoms with Gasteiger partial charge in [0.1, 0.15) is 6.07 Å². The molecule has 0 saturated carbocycles. The summed E-state index contributed by atoms with van der Waals surface area (Å²) in [6.07, 6.45) is 3.30. The van der Waals surface area contributed by atoms with Crippen LogP contribution in [0.5, 0.6) is 0 Å². The second kappa shape index (κ2) is 5.90. The molecule has 6 nitrogen and oxygen atoms in total. The van der Waals surface area contributed by atoms with Crippen molar-refractivity contribution in [3.8, 4) is 6.07 Å². The van der Waals surface area contributed by atoms with Gasteiger partial charge in [0.15, 0.2) is 0 Å². The van der Waals surface area contributed by atoms with E-state index in [4.69, 9.17) is 0 Å². The van der Waals surface area contributed by atoms with Crippen LogP contribution in [0.4, 0.5) is 11.4 Å². The van der Waals surface area contributed by atoms with Crippen molar-refractivity contribution in [2.24, 2.45) is 0 Å². The molecular formula is C16H17N5O. The highest BCUT2D eigenvalue weighted by Crippen LogP contribution is 2.23. The predicted octanol–water partition coefficient (Wildman–Crippen LogP) is 1.28. The SMILES string of the molecule is Cc1cc(N2CCN(c3cc[nH]c(=O)c3)CC2)c(C#N)cn1. The minimum absolute atomic E-state index is 0.0866. The minimum atomic E-state index is -0.0866. The van der Waals surface area contributed by atoms with Gasteiger partial charge >= 0.3 is 0 Å². The lowest BCUT2D eigenvalue weighted by Gasteiger charge is -2.37. The number of pyridine rings is 2. The van der Waals surface area contributed by atoms with E-state index in [1.54, 1.807) is 18.5 Å². The average molecular weight is 295 g/mol. The highest BCUT2D eigenvalue weighted by atomic mass is 16.1. The van der Waals surface area contributed by atoms with E-state index < -0.39 is 0 Å². The van der Waals surface area contributed by atoms with Crippen molar-refractivity contribution in [3.05, 3.63) is 52.2 Å². The quantitative estimate of drug-likeness (QED) is 0.903. The van der Waals surface area contributed by atoms with E-state index in [2.05, 4.69) is 25.8 Å². The van der Waals surface area contributed by atoms with E-state index in [0.29, 0.717) is 5.56 Å². The number of aromatic amines is 1. The van der Waals surface area contributed by atoms with Crippen LogP contribution in [0.1, 0.15) is 11.3 Å². The molecule has 6 heteroatoms. The zero-order valence-corrected chi connectivity index (χ0v) is 12.4. The van der Waals surface area contributed by atoms with E-state index >= 15 is 0 Å². The number of anilines is 2. The van der Waals surface area contributed by atoms with Crippen LogP contribution in [0, 0.1) is 18.3 Å². The van der Waals surface area contributed by atoms with Crippen molar-refractivity contribution in [3.63, 3.8) is 0 Å². The summed E-state index contributed by atoms with van der Waals surface area (Å²) in [4.78, 5) is 22.6. The summed E-state index contributed by atoms with van der Waals surface area (Å²) in [6, 6.07) is 7.70. The first kappa shape index (κ1) is 14.1. The molecule has 112 valence electrons. The van der Waals surface area contributed by atoms with Gasteiger partial charge in [-0.2, -0.15) is 5.26 Å². The second-order valence-electron chi connectivity index (χ2n) is 5.34. The van der Waals surface area contributed by atoms with Crippen LogP contribution in [0.3, 0.4) is 0 Å². The standard InChI is InChI=1S/C16H17N5O/c1-12-8-15(13(10-17)11-19-12)21-6-4-20(5-7-21)14-2-3-18-16(22)9-14/h2-3,8-9,11H,4-7H2,1H3,(H,18,22). The lowest BCUT2D eigenvalue weighted by molar-refractivity contribution is 0.652. The fourth-order valence-corrected chi connectivity index (χ4v) is 2.73. The molecular weight excluding hydrogens is 278 g/mol. The molecule has 22 heavy (non-hydrogen) atoms. The minimum Gasteiger partial charge on any atom is -0.368 e. The molecule has 1 saturated heterocycles. The molecule has 3 heterocycles. The van der Waals surface area contributed by atoms with Crippen molar-refractivity contribution < 1.29 is 0 Å². The Morgan fingerprint density at radius 1 is 1.23 bits per heavy atom. The van der Waals surface area contributed by atoms with Crippen molar-refractivity contribution in [1.29, 1.82) is 5.26 Å². The molecule has 3 rings (SSSR count). The predicted molar refractivity (Wildman–Crippen MR) is 85.2 cm³/mol. The van der Waals surface area contributed by atoms with Crippen LogP contribution < -0.4 is 15.4 Å². The average Bonchev–Trinajstić information content (AvgIpc) is 2.55. The maximum atomic E-state index is 11.4. The van der Waals surface area contributed by atoms with Gasteiger partial charge in [-0.25, -0.2) is 0 Å². The Morgan fingerprint density at radius 3 is 2.64 bits per heavy atom. The number of nitrogens with zero attached hydrogens (tertiary/aromatic N) is 4. The van der Waals surface area contributed by atoms with Gasteiger partial charge in [0.2, 0.25) is 5.56 Å². The first-order chi connectivity index (χ1) is 10.7. The second-order valence-corrected chi connectivity index (χ2v) is 5.34. The van der Waals surface area contributed by atoms with Gasteiger partial charge in [0.05, 0.1) is 11.3 Å². The number of nitrogens with one attached hydrogen (secondary N) is 1. The molecule has 0 atom stereocenters. The smallest absolute Gasteiger partial charge is 0.249 e. The number of H-pyrrole nitrogens is 1. The molecule has 0 aromatic carbocycles. The molecule has 0 amide bonds. The molecule has 0 spiro atoms. The summed E-state index contributed by atoms with van der Waals surface area (Å²) in [5, 5.41) is 9.24. The number of rotatable bonds is 2. The highest BCUT2D eigenvalue weighted by molar-refractivity contribution is 5.60.